The van der Waals surface area contributed by atoms with Crippen LogP contribution in [-0.2, 0) is 21.1 Å². The molecule has 0 aliphatic heterocycles. The first-order valence-corrected chi connectivity index (χ1v) is 9.56. The molecule has 1 N–H and O–H groups in total. The van der Waals surface area contributed by atoms with Gasteiger partial charge in [0.15, 0.2) is 9.84 Å². The van der Waals surface area contributed by atoms with Gasteiger partial charge in [0.2, 0.25) is 5.91 Å². The summed E-state index contributed by atoms with van der Waals surface area (Å²) in [5.41, 5.74) is 2.38. The number of carbonyl (C=O) groups is 1. The molecule has 1 amide bonds. The molecule has 0 radical (unpaired) electrons. The zero-order valence-corrected chi connectivity index (χ0v) is 14.3. The molecular weight excluding hydrogens is 298 g/mol. The van der Waals surface area contributed by atoms with E-state index in [-0.39, 0.29) is 6.04 Å². The van der Waals surface area contributed by atoms with Gasteiger partial charge in [0, 0.05) is 0 Å². The third-order valence-electron chi connectivity index (χ3n) is 4.46. The normalized spacial score (nSPS) is 20.1. The van der Waals surface area contributed by atoms with E-state index in [2.05, 4.69) is 11.4 Å². The van der Waals surface area contributed by atoms with Crippen molar-refractivity contribution in [1.82, 2.24) is 5.32 Å². The zero-order chi connectivity index (χ0) is 16.3. The van der Waals surface area contributed by atoms with Gasteiger partial charge in [0.25, 0.3) is 0 Å². The van der Waals surface area contributed by atoms with Crippen LogP contribution in [0.5, 0.6) is 0 Å². The number of sulfone groups is 1. The first-order chi connectivity index (χ1) is 10.3. The molecule has 0 aromatic heterocycles. The summed E-state index contributed by atoms with van der Waals surface area (Å²) >= 11 is 0. The maximum atomic E-state index is 12.4. The van der Waals surface area contributed by atoms with E-state index in [1.54, 1.807) is 13.8 Å². The second kappa shape index (κ2) is 6.82. The van der Waals surface area contributed by atoms with Crippen LogP contribution in [0.3, 0.4) is 0 Å². The van der Waals surface area contributed by atoms with Crippen molar-refractivity contribution in [2.45, 2.75) is 63.0 Å². The summed E-state index contributed by atoms with van der Waals surface area (Å²) in [5.74, 6) is -0.393. The van der Waals surface area contributed by atoms with Gasteiger partial charge >= 0.3 is 0 Å². The first-order valence-electron chi connectivity index (χ1n) is 7.95. The lowest BCUT2D eigenvalue weighted by atomic mass is 9.99. The third kappa shape index (κ3) is 3.51. The van der Waals surface area contributed by atoms with Gasteiger partial charge in [0.05, 0.1) is 11.3 Å². The number of carbonyl (C=O) groups excluding carboxylic acids is 1. The van der Waals surface area contributed by atoms with E-state index in [9.17, 15) is 13.2 Å². The second-order valence-corrected chi connectivity index (χ2v) is 9.11. The van der Waals surface area contributed by atoms with Crippen molar-refractivity contribution in [3.8, 4) is 0 Å². The molecule has 0 bridgehead atoms. The highest BCUT2D eigenvalue weighted by Gasteiger charge is 2.32. The summed E-state index contributed by atoms with van der Waals surface area (Å²) < 4.78 is 24.3. The molecule has 22 heavy (non-hydrogen) atoms. The highest BCUT2D eigenvalue weighted by molar-refractivity contribution is 7.93. The number of nitrogens with one attached hydrogen (secondary N) is 1. The molecule has 0 spiro atoms. The molecule has 1 aliphatic rings. The van der Waals surface area contributed by atoms with Crippen LogP contribution < -0.4 is 5.32 Å². The van der Waals surface area contributed by atoms with Crippen LogP contribution in [0, 0.1) is 0 Å². The van der Waals surface area contributed by atoms with Crippen molar-refractivity contribution in [2.75, 3.05) is 0 Å². The predicted molar refractivity (Wildman–Crippen MR) is 88.4 cm³/mol. The number of aryl methyl sites for hydroxylation is 1. The lowest BCUT2D eigenvalue weighted by molar-refractivity contribution is -0.121. The Balaban J connectivity index is 2.18. The first kappa shape index (κ1) is 17.0. The molecule has 2 unspecified atom stereocenters. The summed E-state index contributed by atoms with van der Waals surface area (Å²) in [7, 11) is -3.43. The molecule has 1 aromatic carbocycles. The lowest BCUT2D eigenvalue weighted by Crippen LogP contribution is -2.42. The monoisotopic (exact) mass is 323 g/mol. The fraction of sp³-hybridized carbons (Fsp3) is 0.588. The van der Waals surface area contributed by atoms with E-state index < -0.39 is 26.2 Å². The fourth-order valence-corrected chi connectivity index (χ4v) is 4.10. The number of hydrogen-bond acceptors (Lipinski definition) is 3. The molecule has 4 nitrogen and oxygen atoms in total. The second-order valence-electron chi connectivity index (χ2n) is 6.29. The average Bonchev–Trinajstić information content (AvgIpc) is 2.69. The van der Waals surface area contributed by atoms with Crippen LogP contribution in [0.1, 0.15) is 57.2 Å². The maximum absolute atomic E-state index is 12.4. The standard InChI is InChI=1S/C17H25NO3S/c1-12(2)22(20,21)13(3)17(19)18-16-11-7-5-9-14-8-4-6-10-15(14)16/h4,6,8,10,12-13,16H,5,7,9,11H2,1-3H3,(H,18,19). The average molecular weight is 323 g/mol. The molecule has 1 aromatic rings. The molecule has 1 aliphatic carbocycles. The maximum Gasteiger partial charge on any atom is 0.238 e. The topological polar surface area (TPSA) is 63.2 Å². The Hall–Kier alpha value is -1.36. The van der Waals surface area contributed by atoms with Crippen LogP contribution in [0.25, 0.3) is 0 Å². The highest BCUT2D eigenvalue weighted by Crippen LogP contribution is 2.28. The molecule has 122 valence electrons. The number of hydrogen-bond donors (Lipinski definition) is 1. The molecular formula is C17H25NO3S. The van der Waals surface area contributed by atoms with E-state index in [1.807, 2.05) is 18.2 Å². The van der Waals surface area contributed by atoms with Gasteiger partial charge in [-0.3, -0.25) is 4.79 Å². The number of fused-ring (bicyclic) bond motifs is 1. The Morgan fingerprint density at radius 1 is 1.18 bits per heavy atom. The van der Waals surface area contributed by atoms with Gasteiger partial charge in [-0.25, -0.2) is 8.42 Å². The lowest BCUT2D eigenvalue weighted by Gasteiger charge is -2.22. The minimum absolute atomic E-state index is 0.0870. The van der Waals surface area contributed by atoms with Gasteiger partial charge in [-0.05, 0) is 51.2 Å². The largest absolute Gasteiger partial charge is 0.348 e. The van der Waals surface area contributed by atoms with E-state index >= 15 is 0 Å². The smallest absolute Gasteiger partial charge is 0.238 e. The number of amides is 1. The van der Waals surface area contributed by atoms with Crippen LogP contribution in [0.4, 0.5) is 0 Å². The Kier molecular flexibility index (Phi) is 5.27. The van der Waals surface area contributed by atoms with Gasteiger partial charge in [-0.1, -0.05) is 30.7 Å². The van der Waals surface area contributed by atoms with E-state index in [4.69, 9.17) is 0 Å². The quantitative estimate of drug-likeness (QED) is 0.867. The van der Waals surface area contributed by atoms with Crippen LogP contribution in [0.2, 0.25) is 0 Å². The third-order valence-corrected chi connectivity index (χ3v) is 6.97. The Morgan fingerprint density at radius 2 is 1.86 bits per heavy atom. The molecule has 5 heteroatoms. The Labute approximate surface area is 133 Å². The summed E-state index contributed by atoms with van der Waals surface area (Å²) in [5, 5.41) is 1.40. The van der Waals surface area contributed by atoms with Gasteiger partial charge in [0.1, 0.15) is 5.25 Å². The number of rotatable bonds is 4. The van der Waals surface area contributed by atoms with Crippen molar-refractivity contribution in [1.29, 1.82) is 0 Å². The molecule has 0 heterocycles. The van der Waals surface area contributed by atoms with Crippen molar-refractivity contribution in [3.63, 3.8) is 0 Å². The van der Waals surface area contributed by atoms with E-state index in [1.165, 1.54) is 12.5 Å². The minimum Gasteiger partial charge on any atom is -0.348 e. The SMILES string of the molecule is CC(C)S(=O)(=O)C(C)C(=O)NC1CCCCc2ccccc21. The van der Waals surface area contributed by atoms with Crippen molar-refractivity contribution < 1.29 is 13.2 Å². The minimum atomic E-state index is -3.43. The van der Waals surface area contributed by atoms with Crippen LogP contribution >= 0.6 is 0 Å². The van der Waals surface area contributed by atoms with Gasteiger partial charge < -0.3 is 5.32 Å². The van der Waals surface area contributed by atoms with Crippen molar-refractivity contribution in [3.05, 3.63) is 35.4 Å². The van der Waals surface area contributed by atoms with Crippen molar-refractivity contribution in [2.24, 2.45) is 0 Å². The summed E-state index contributed by atoms with van der Waals surface area (Å²) in [6.45, 7) is 4.70. The highest BCUT2D eigenvalue weighted by atomic mass is 32.2. The fourth-order valence-electron chi connectivity index (χ4n) is 2.92. The van der Waals surface area contributed by atoms with Crippen LogP contribution in [-0.4, -0.2) is 24.8 Å². The van der Waals surface area contributed by atoms with Crippen molar-refractivity contribution >= 4 is 15.7 Å². The zero-order valence-electron chi connectivity index (χ0n) is 13.5. The molecule has 0 saturated heterocycles. The van der Waals surface area contributed by atoms with E-state index in [0.29, 0.717) is 0 Å². The molecule has 2 rings (SSSR count). The molecule has 0 fully saturated rings. The number of benzene rings is 1. The summed E-state index contributed by atoms with van der Waals surface area (Å²) in [6, 6.07) is 8.02. The van der Waals surface area contributed by atoms with Crippen LogP contribution in [0.15, 0.2) is 24.3 Å². The Bertz CT molecular complexity index is 637. The Morgan fingerprint density at radius 3 is 2.55 bits per heavy atom. The summed E-state index contributed by atoms with van der Waals surface area (Å²) in [6.07, 6.45) is 4.01. The summed E-state index contributed by atoms with van der Waals surface area (Å²) in [4.78, 5) is 12.4. The molecule has 0 saturated carbocycles. The molecule has 2 atom stereocenters. The van der Waals surface area contributed by atoms with Gasteiger partial charge in [-0.2, -0.15) is 0 Å². The van der Waals surface area contributed by atoms with Gasteiger partial charge in [-0.15, -0.1) is 0 Å². The predicted octanol–water partition coefficient (Wildman–Crippen LogP) is 2.78. The van der Waals surface area contributed by atoms with E-state index in [0.717, 1.165) is 31.2 Å².